The number of fused-ring (bicyclic) bond motifs is 1. The number of halogens is 1. The third-order valence-corrected chi connectivity index (χ3v) is 4.54. The smallest absolute Gasteiger partial charge is 0.421 e. The Labute approximate surface area is 158 Å². The van der Waals surface area contributed by atoms with Gasteiger partial charge in [-0.25, -0.2) is 14.1 Å². The van der Waals surface area contributed by atoms with Crippen LogP contribution < -0.4 is 4.90 Å². The molecule has 1 aliphatic rings. The monoisotopic (exact) mass is 367 g/mol. The van der Waals surface area contributed by atoms with Gasteiger partial charge in [-0.05, 0) is 56.5 Å². The number of rotatable bonds is 3. The third-order valence-electron chi connectivity index (χ3n) is 4.54. The molecular formula is C22H22FNO3. The first kappa shape index (κ1) is 18.8. The van der Waals surface area contributed by atoms with Crippen LogP contribution in [0.4, 0.5) is 14.9 Å². The molecule has 1 atom stereocenters. The number of anilines is 1. The zero-order valence-electron chi connectivity index (χ0n) is 15.7. The standard InChI is InChI=1S/C22H22FNO3/c1-5-14-22(15-10-12-16(23)13-11-15)17-8-6-7-9-18(17)24(19(22)25)20(26)27-21(2,3)4/h5-13H,1,14H2,2-4H3/t22-/m1/s1. The number of benzene rings is 2. The molecule has 0 saturated heterocycles. The van der Waals surface area contributed by atoms with E-state index in [1.54, 1.807) is 51.1 Å². The fraction of sp³-hybridized carbons (Fsp3) is 0.273. The number of carbonyl (C=O) groups is 2. The Bertz CT molecular complexity index is 899. The maximum atomic E-state index is 13.6. The number of nitrogens with zero attached hydrogens (tertiary/aromatic N) is 1. The van der Waals surface area contributed by atoms with Crippen molar-refractivity contribution in [1.29, 1.82) is 0 Å². The number of hydrogen-bond donors (Lipinski definition) is 0. The first-order valence-corrected chi connectivity index (χ1v) is 8.75. The number of carbonyl (C=O) groups excluding carboxylic acids is 2. The molecule has 0 spiro atoms. The van der Waals surface area contributed by atoms with E-state index in [-0.39, 0.29) is 6.42 Å². The fourth-order valence-electron chi connectivity index (χ4n) is 3.48. The number of amides is 2. The van der Waals surface area contributed by atoms with Crippen LogP contribution in [0.2, 0.25) is 0 Å². The molecule has 0 radical (unpaired) electrons. The van der Waals surface area contributed by atoms with Crippen LogP contribution in [0.15, 0.2) is 61.2 Å². The highest BCUT2D eigenvalue weighted by atomic mass is 19.1. The minimum absolute atomic E-state index is 0.272. The van der Waals surface area contributed by atoms with Crippen molar-refractivity contribution in [3.8, 4) is 0 Å². The lowest BCUT2D eigenvalue weighted by molar-refractivity contribution is -0.121. The van der Waals surface area contributed by atoms with Crippen molar-refractivity contribution in [3.05, 3.63) is 78.1 Å². The highest BCUT2D eigenvalue weighted by Crippen LogP contribution is 2.48. The van der Waals surface area contributed by atoms with E-state index in [1.165, 1.54) is 12.1 Å². The average Bonchev–Trinajstić information content (AvgIpc) is 2.84. The third kappa shape index (κ3) is 3.14. The summed E-state index contributed by atoms with van der Waals surface area (Å²) in [4.78, 5) is 27.5. The predicted octanol–water partition coefficient (Wildman–Crippen LogP) is 4.97. The van der Waals surface area contributed by atoms with E-state index in [1.807, 2.05) is 12.1 Å². The van der Waals surface area contributed by atoms with Crippen LogP contribution in [0.3, 0.4) is 0 Å². The molecule has 1 aliphatic heterocycles. The molecule has 0 fully saturated rings. The number of para-hydroxylation sites is 1. The number of hydrogen-bond acceptors (Lipinski definition) is 3. The van der Waals surface area contributed by atoms with Gasteiger partial charge in [-0.2, -0.15) is 0 Å². The van der Waals surface area contributed by atoms with E-state index >= 15 is 0 Å². The largest absolute Gasteiger partial charge is 0.443 e. The van der Waals surface area contributed by atoms with Crippen LogP contribution in [-0.4, -0.2) is 17.6 Å². The molecule has 3 rings (SSSR count). The number of ether oxygens (including phenoxy) is 1. The normalized spacial score (nSPS) is 19.0. The van der Waals surface area contributed by atoms with Crippen molar-refractivity contribution in [3.63, 3.8) is 0 Å². The molecule has 140 valence electrons. The van der Waals surface area contributed by atoms with Gasteiger partial charge in [-0.1, -0.05) is 36.4 Å². The van der Waals surface area contributed by atoms with Gasteiger partial charge < -0.3 is 4.74 Å². The lowest BCUT2D eigenvalue weighted by Gasteiger charge is -2.29. The summed E-state index contributed by atoms with van der Waals surface area (Å²) in [5, 5.41) is 0. The molecule has 1 heterocycles. The van der Waals surface area contributed by atoms with E-state index in [2.05, 4.69) is 6.58 Å². The van der Waals surface area contributed by atoms with Crippen LogP contribution in [-0.2, 0) is 14.9 Å². The Morgan fingerprint density at radius 1 is 1.19 bits per heavy atom. The van der Waals surface area contributed by atoms with Gasteiger partial charge >= 0.3 is 6.09 Å². The van der Waals surface area contributed by atoms with E-state index in [0.29, 0.717) is 16.8 Å². The maximum absolute atomic E-state index is 13.6. The Kier molecular flexibility index (Phi) is 4.64. The second-order valence-electron chi connectivity index (χ2n) is 7.54. The van der Waals surface area contributed by atoms with E-state index in [4.69, 9.17) is 4.74 Å². The van der Waals surface area contributed by atoms with Gasteiger partial charge in [0.1, 0.15) is 16.8 Å². The predicted molar refractivity (Wildman–Crippen MR) is 102 cm³/mol. The molecule has 2 aromatic rings. The summed E-state index contributed by atoms with van der Waals surface area (Å²) in [5.41, 5.74) is -0.142. The fourth-order valence-corrected chi connectivity index (χ4v) is 3.48. The van der Waals surface area contributed by atoms with Crippen molar-refractivity contribution in [2.75, 3.05) is 4.90 Å². The molecule has 2 amide bonds. The number of imide groups is 1. The van der Waals surface area contributed by atoms with E-state index < -0.39 is 28.8 Å². The Hall–Kier alpha value is -2.95. The lowest BCUT2D eigenvalue weighted by Crippen LogP contribution is -2.45. The summed E-state index contributed by atoms with van der Waals surface area (Å²) in [5.74, 6) is -0.820. The highest BCUT2D eigenvalue weighted by Gasteiger charge is 2.54. The van der Waals surface area contributed by atoms with Gasteiger partial charge in [0.2, 0.25) is 0 Å². The molecule has 27 heavy (non-hydrogen) atoms. The summed E-state index contributed by atoms with van der Waals surface area (Å²) in [6.45, 7) is 9.02. The van der Waals surface area contributed by atoms with Crippen LogP contribution in [0, 0.1) is 5.82 Å². The molecule has 2 aromatic carbocycles. The minimum Gasteiger partial charge on any atom is -0.443 e. The lowest BCUT2D eigenvalue weighted by atomic mass is 9.73. The molecule has 0 aliphatic carbocycles. The van der Waals surface area contributed by atoms with Gasteiger partial charge in [0.25, 0.3) is 5.91 Å². The maximum Gasteiger partial charge on any atom is 0.421 e. The Balaban J connectivity index is 2.20. The van der Waals surface area contributed by atoms with E-state index in [0.717, 1.165) is 4.90 Å². The van der Waals surface area contributed by atoms with Crippen LogP contribution >= 0.6 is 0 Å². The topological polar surface area (TPSA) is 46.6 Å². The molecular weight excluding hydrogens is 345 g/mol. The average molecular weight is 367 g/mol. The second kappa shape index (κ2) is 6.65. The zero-order valence-corrected chi connectivity index (χ0v) is 15.7. The van der Waals surface area contributed by atoms with E-state index in [9.17, 15) is 14.0 Å². The van der Waals surface area contributed by atoms with Gasteiger partial charge in [0, 0.05) is 0 Å². The Morgan fingerprint density at radius 2 is 1.81 bits per heavy atom. The minimum atomic E-state index is -1.15. The quantitative estimate of drug-likeness (QED) is 0.720. The molecule has 0 bridgehead atoms. The van der Waals surface area contributed by atoms with Crippen LogP contribution in [0.25, 0.3) is 0 Å². The van der Waals surface area contributed by atoms with Gasteiger partial charge in [-0.3, -0.25) is 4.79 Å². The van der Waals surface area contributed by atoms with Crippen molar-refractivity contribution in [2.24, 2.45) is 0 Å². The summed E-state index contributed by atoms with van der Waals surface area (Å²) in [6, 6.07) is 12.9. The zero-order chi connectivity index (χ0) is 19.8. The summed E-state index contributed by atoms with van der Waals surface area (Å²) in [6.07, 6.45) is 1.18. The molecule has 0 N–H and O–H groups in total. The molecule has 0 unspecified atom stereocenters. The number of allylic oxidation sites excluding steroid dienone is 1. The Morgan fingerprint density at radius 3 is 2.41 bits per heavy atom. The molecule has 0 saturated carbocycles. The molecule has 0 aromatic heterocycles. The summed E-state index contributed by atoms with van der Waals surface area (Å²) >= 11 is 0. The first-order chi connectivity index (χ1) is 12.7. The van der Waals surface area contributed by atoms with Crippen molar-refractivity contribution in [1.82, 2.24) is 0 Å². The summed E-state index contributed by atoms with van der Waals surface area (Å²) in [7, 11) is 0. The summed E-state index contributed by atoms with van der Waals surface area (Å²) < 4.78 is 18.9. The van der Waals surface area contributed by atoms with Gasteiger partial charge in [-0.15, -0.1) is 6.58 Å². The molecule has 4 nitrogen and oxygen atoms in total. The van der Waals surface area contributed by atoms with Crippen LogP contribution in [0.1, 0.15) is 38.3 Å². The second-order valence-corrected chi connectivity index (χ2v) is 7.54. The highest BCUT2D eigenvalue weighted by molar-refractivity contribution is 6.22. The van der Waals surface area contributed by atoms with Crippen molar-refractivity contribution < 1.29 is 18.7 Å². The van der Waals surface area contributed by atoms with Crippen LogP contribution in [0.5, 0.6) is 0 Å². The van der Waals surface area contributed by atoms with Crippen molar-refractivity contribution in [2.45, 2.75) is 38.2 Å². The van der Waals surface area contributed by atoms with Gasteiger partial charge in [0.15, 0.2) is 0 Å². The first-order valence-electron chi connectivity index (χ1n) is 8.75. The van der Waals surface area contributed by atoms with Gasteiger partial charge in [0.05, 0.1) is 5.69 Å². The van der Waals surface area contributed by atoms with Crippen molar-refractivity contribution >= 4 is 17.7 Å². The molecule has 5 heteroatoms. The SMILES string of the molecule is C=CC[C@]1(c2ccc(F)cc2)C(=O)N(C(=O)OC(C)(C)C)c2ccccc21.